The van der Waals surface area contributed by atoms with Crippen molar-refractivity contribution in [1.29, 1.82) is 0 Å². The van der Waals surface area contributed by atoms with Gasteiger partial charge in [-0.15, -0.1) is 0 Å². The van der Waals surface area contributed by atoms with E-state index < -0.39 is 0 Å². The van der Waals surface area contributed by atoms with Gasteiger partial charge in [0, 0.05) is 18.4 Å². The number of nitrogens with two attached hydrogens (primary N) is 1. The van der Waals surface area contributed by atoms with E-state index in [1.807, 2.05) is 0 Å². The summed E-state index contributed by atoms with van der Waals surface area (Å²) in [6.07, 6.45) is 4.18. The third kappa shape index (κ3) is 3.40. The molecule has 0 aliphatic carbocycles. The second-order valence-electron chi connectivity index (χ2n) is 2.85. The molecule has 1 fully saturated rings. The van der Waals surface area contributed by atoms with Crippen molar-refractivity contribution < 1.29 is 4.74 Å². The highest BCUT2D eigenvalue weighted by Gasteiger charge is 2.12. The van der Waals surface area contributed by atoms with Crippen molar-refractivity contribution >= 4 is 25.1 Å². The Labute approximate surface area is 84.4 Å². The summed E-state index contributed by atoms with van der Waals surface area (Å²) in [5.74, 6) is 0. The molecule has 2 N–H and O–H groups in total. The minimum Gasteiger partial charge on any atom is -0.403 e. The molecule has 1 rings (SSSR count). The first-order valence-corrected chi connectivity index (χ1v) is 4.64. The van der Waals surface area contributed by atoms with Gasteiger partial charge in [-0.2, -0.15) is 0 Å². The summed E-state index contributed by atoms with van der Waals surface area (Å²) in [6.45, 7) is 0.741. The van der Waals surface area contributed by atoms with Crippen molar-refractivity contribution in [3.05, 3.63) is 11.2 Å². The lowest BCUT2D eigenvalue weighted by atomic mass is 10.0. The first kappa shape index (κ1) is 10.6. The maximum absolute atomic E-state index is 5.66. The number of rotatable bonds is 2. The van der Waals surface area contributed by atoms with Crippen molar-refractivity contribution in [2.24, 2.45) is 10.7 Å². The van der Waals surface area contributed by atoms with Gasteiger partial charge in [0.15, 0.2) is 0 Å². The number of ether oxygens (including phenoxy) is 1. The Morgan fingerprint density at radius 3 is 2.92 bits per heavy atom. The van der Waals surface area contributed by atoms with Gasteiger partial charge in [-0.1, -0.05) is 11.6 Å². The standard InChI is InChI=1S/C8H12BClN2O/c9-8(6(10)5-11)12-7-3-1-2-4-13-7/h5,7H,1-4,11H2/b6-5+,12-8-. The highest BCUT2D eigenvalue weighted by molar-refractivity contribution is 6.71. The van der Waals surface area contributed by atoms with Gasteiger partial charge in [0.05, 0.1) is 5.03 Å². The number of hydrogen-bond donors (Lipinski definition) is 1. The smallest absolute Gasteiger partial charge is 0.147 e. The molecule has 1 saturated heterocycles. The molecule has 0 bridgehead atoms. The molecular weight excluding hydrogens is 186 g/mol. The van der Waals surface area contributed by atoms with Crippen LogP contribution in [0.5, 0.6) is 0 Å². The Morgan fingerprint density at radius 2 is 2.38 bits per heavy atom. The largest absolute Gasteiger partial charge is 0.403 e. The van der Waals surface area contributed by atoms with Gasteiger partial charge in [0.2, 0.25) is 0 Å². The van der Waals surface area contributed by atoms with E-state index in [-0.39, 0.29) is 16.9 Å². The summed E-state index contributed by atoms with van der Waals surface area (Å²) in [5, 5.41) is 0.272. The van der Waals surface area contributed by atoms with Crippen molar-refractivity contribution in [3.8, 4) is 0 Å². The van der Waals surface area contributed by atoms with Crippen LogP contribution in [0.15, 0.2) is 16.2 Å². The van der Waals surface area contributed by atoms with Crippen LogP contribution in [0.3, 0.4) is 0 Å². The average Bonchev–Trinajstić information content (AvgIpc) is 2.18. The van der Waals surface area contributed by atoms with Crippen LogP contribution in [-0.2, 0) is 4.74 Å². The normalized spacial score (nSPS) is 26.1. The lowest BCUT2D eigenvalue weighted by Crippen LogP contribution is -2.19. The van der Waals surface area contributed by atoms with Gasteiger partial charge in [-0.25, -0.2) is 0 Å². The molecule has 0 aromatic heterocycles. The average molecular weight is 198 g/mol. The third-order valence-electron chi connectivity index (χ3n) is 1.83. The topological polar surface area (TPSA) is 47.6 Å². The highest BCUT2D eigenvalue weighted by atomic mass is 35.5. The number of allylic oxidation sites excluding steroid dienone is 1. The molecule has 2 radical (unpaired) electrons. The quantitative estimate of drug-likeness (QED) is 0.534. The molecule has 13 heavy (non-hydrogen) atoms. The van der Waals surface area contributed by atoms with E-state index >= 15 is 0 Å². The van der Waals surface area contributed by atoms with Gasteiger partial charge in [0.25, 0.3) is 0 Å². The molecule has 1 aliphatic heterocycles. The number of halogens is 1. The molecule has 5 heteroatoms. The number of nitrogens with zero attached hydrogens (tertiary/aromatic N) is 1. The molecule has 0 amide bonds. The number of hydrogen-bond acceptors (Lipinski definition) is 3. The predicted molar refractivity (Wildman–Crippen MR) is 54.9 cm³/mol. The Kier molecular flexibility index (Phi) is 4.32. The molecule has 1 unspecified atom stereocenters. The molecular formula is C8H12BClN2O. The fourth-order valence-corrected chi connectivity index (χ4v) is 1.18. The molecule has 1 atom stereocenters. The first-order chi connectivity index (χ1) is 6.24. The molecule has 3 nitrogen and oxygen atoms in total. The van der Waals surface area contributed by atoms with E-state index in [0.29, 0.717) is 0 Å². The predicted octanol–water partition coefficient (Wildman–Crippen LogP) is 1.12. The molecule has 0 saturated carbocycles. The highest BCUT2D eigenvalue weighted by Crippen LogP contribution is 2.14. The van der Waals surface area contributed by atoms with Crippen LogP contribution in [0.4, 0.5) is 0 Å². The van der Waals surface area contributed by atoms with Gasteiger partial charge >= 0.3 is 0 Å². The summed E-state index contributed by atoms with van der Waals surface area (Å²) in [7, 11) is 5.55. The molecule has 0 aromatic carbocycles. The summed E-state index contributed by atoms with van der Waals surface area (Å²) in [5.41, 5.74) is 5.43. The Bertz CT molecular complexity index is 224. The maximum atomic E-state index is 5.66. The van der Waals surface area contributed by atoms with E-state index in [2.05, 4.69) is 4.99 Å². The van der Waals surface area contributed by atoms with Gasteiger partial charge in [-0.3, -0.25) is 4.99 Å². The van der Waals surface area contributed by atoms with Crippen LogP contribution in [0.25, 0.3) is 0 Å². The van der Waals surface area contributed by atoms with Crippen LogP contribution in [0.2, 0.25) is 0 Å². The molecule has 1 aliphatic rings. The van der Waals surface area contributed by atoms with Crippen molar-refractivity contribution in [2.45, 2.75) is 25.5 Å². The monoisotopic (exact) mass is 198 g/mol. The summed E-state index contributed by atoms with van der Waals surface area (Å²) in [6, 6.07) is 0. The molecule has 0 aromatic rings. The minimum absolute atomic E-state index is 0.151. The lowest BCUT2D eigenvalue weighted by molar-refractivity contribution is 0.0226. The minimum atomic E-state index is -0.151. The molecule has 0 spiro atoms. The van der Waals surface area contributed by atoms with E-state index in [0.717, 1.165) is 25.9 Å². The van der Waals surface area contributed by atoms with Gasteiger partial charge in [-0.05, 0) is 19.3 Å². The van der Waals surface area contributed by atoms with Crippen LogP contribution in [0.1, 0.15) is 19.3 Å². The van der Waals surface area contributed by atoms with E-state index in [9.17, 15) is 0 Å². The Balaban J connectivity index is 2.52. The third-order valence-corrected chi connectivity index (χ3v) is 2.15. The summed E-state index contributed by atoms with van der Waals surface area (Å²) < 4.78 is 5.35. The van der Waals surface area contributed by atoms with Gasteiger partial charge in [0.1, 0.15) is 14.1 Å². The second-order valence-corrected chi connectivity index (χ2v) is 3.26. The fraction of sp³-hybridized carbons (Fsp3) is 0.625. The molecule has 70 valence electrons. The van der Waals surface area contributed by atoms with Crippen LogP contribution >= 0.6 is 11.6 Å². The summed E-state index contributed by atoms with van der Waals surface area (Å²) >= 11 is 5.66. The lowest BCUT2D eigenvalue weighted by Gasteiger charge is -2.19. The van der Waals surface area contributed by atoms with Crippen LogP contribution < -0.4 is 5.73 Å². The van der Waals surface area contributed by atoms with Crippen LogP contribution in [0, 0.1) is 0 Å². The number of aliphatic imine (C=N–C) groups is 1. The van der Waals surface area contributed by atoms with Crippen molar-refractivity contribution in [3.63, 3.8) is 0 Å². The van der Waals surface area contributed by atoms with E-state index in [1.54, 1.807) is 0 Å². The van der Waals surface area contributed by atoms with Crippen LogP contribution in [-0.4, -0.2) is 26.3 Å². The zero-order valence-corrected chi connectivity index (χ0v) is 8.13. The van der Waals surface area contributed by atoms with E-state index in [4.69, 9.17) is 29.9 Å². The zero-order valence-electron chi connectivity index (χ0n) is 7.37. The Hall–Kier alpha value is -0.475. The van der Waals surface area contributed by atoms with E-state index in [1.165, 1.54) is 6.20 Å². The zero-order chi connectivity index (χ0) is 9.68. The van der Waals surface area contributed by atoms with Gasteiger partial charge < -0.3 is 10.5 Å². The van der Waals surface area contributed by atoms with Crippen molar-refractivity contribution in [2.75, 3.05) is 6.61 Å². The SMILES string of the molecule is [B]C(=N\C1CCCCO1)/C(Cl)=C\N. The van der Waals surface area contributed by atoms with Crippen molar-refractivity contribution in [1.82, 2.24) is 0 Å². The summed E-state index contributed by atoms with van der Waals surface area (Å²) in [4.78, 5) is 4.10. The fourth-order valence-electron chi connectivity index (χ4n) is 1.13. The molecule has 1 heterocycles. The maximum Gasteiger partial charge on any atom is 0.147 e. The second kappa shape index (κ2) is 5.30. The first-order valence-electron chi connectivity index (χ1n) is 4.26. The Morgan fingerprint density at radius 1 is 1.62 bits per heavy atom.